The van der Waals surface area contributed by atoms with E-state index in [1.54, 1.807) is 18.5 Å². The van der Waals surface area contributed by atoms with Crippen LogP contribution in [0, 0.1) is 0 Å². The molecule has 0 unspecified atom stereocenters. The number of imidazole rings is 1. The Kier molecular flexibility index (Phi) is 4.25. The van der Waals surface area contributed by atoms with E-state index < -0.39 is 0 Å². The quantitative estimate of drug-likeness (QED) is 0.548. The zero-order valence-electron chi connectivity index (χ0n) is 12.4. The number of halogens is 2. The number of nitrogens with zero attached hydrogens (tertiary/aromatic N) is 4. The van der Waals surface area contributed by atoms with E-state index in [9.17, 15) is 0 Å². The molecule has 7 nitrogen and oxygen atoms in total. The van der Waals surface area contributed by atoms with Crippen molar-refractivity contribution >= 4 is 40.1 Å². The molecule has 0 fully saturated rings. The van der Waals surface area contributed by atoms with Crippen molar-refractivity contribution in [3.63, 3.8) is 0 Å². The standard InChI is InChI=1S/C14H14Cl2N6O/c1-7(2)22-6-20-11-13(22)18-5-19-14(11)23-12-9(15)3-8(21-17)4-10(12)16/h3-7,21H,17H2,1-2H3. The highest BCUT2D eigenvalue weighted by molar-refractivity contribution is 6.37. The van der Waals surface area contributed by atoms with Crippen molar-refractivity contribution in [2.24, 2.45) is 5.84 Å². The molecule has 0 amide bonds. The lowest BCUT2D eigenvalue weighted by atomic mass is 10.3. The average molecular weight is 353 g/mol. The van der Waals surface area contributed by atoms with E-state index >= 15 is 0 Å². The summed E-state index contributed by atoms with van der Waals surface area (Å²) in [5.41, 5.74) is 4.27. The summed E-state index contributed by atoms with van der Waals surface area (Å²) in [6.45, 7) is 4.08. The van der Waals surface area contributed by atoms with Gasteiger partial charge in [0.25, 0.3) is 5.88 Å². The lowest BCUT2D eigenvalue weighted by Crippen LogP contribution is -2.06. The number of aromatic nitrogens is 4. The first-order valence-electron chi connectivity index (χ1n) is 6.82. The predicted octanol–water partition coefficient (Wildman–Crippen LogP) is 3.79. The van der Waals surface area contributed by atoms with Crippen molar-refractivity contribution in [3.8, 4) is 11.6 Å². The van der Waals surface area contributed by atoms with E-state index in [1.165, 1.54) is 6.33 Å². The van der Waals surface area contributed by atoms with Gasteiger partial charge in [-0.15, -0.1) is 0 Å². The van der Waals surface area contributed by atoms with Crippen LogP contribution in [0.3, 0.4) is 0 Å². The van der Waals surface area contributed by atoms with Crippen LogP contribution in [0.25, 0.3) is 11.2 Å². The number of hydrazine groups is 1. The highest BCUT2D eigenvalue weighted by Gasteiger charge is 2.17. The van der Waals surface area contributed by atoms with Gasteiger partial charge in [-0.1, -0.05) is 23.2 Å². The Balaban J connectivity index is 2.06. The molecular formula is C14H14Cl2N6O. The molecule has 0 saturated heterocycles. The van der Waals surface area contributed by atoms with Crippen LogP contribution in [-0.4, -0.2) is 19.5 Å². The summed E-state index contributed by atoms with van der Waals surface area (Å²) in [6, 6.07) is 3.42. The van der Waals surface area contributed by atoms with E-state index in [2.05, 4.69) is 20.4 Å². The lowest BCUT2D eigenvalue weighted by Gasteiger charge is -2.11. The molecule has 0 saturated carbocycles. The summed E-state index contributed by atoms with van der Waals surface area (Å²) in [4.78, 5) is 12.7. The van der Waals surface area contributed by atoms with Gasteiger partial charge in [0, 0.05) is 6.04 Å². The number of nitrogens with two attached hydrogens (primary N) is 1. The number of nitrogens with one attached hydrogen (secondary N) is 1. The fourth-order valence-corrected chi connectivity index (χ4v) is 2.68. The normalized spacial score (nSPS) is 11.2. The number of nitrogen functional groups attached to an aromatic ring is 1. The molecule has 0 aliphatic carbocycles. The SMILES string of the molecule is CC(C)n1cnc2c(Oc3c(Cl)cc(NN)cc3Cl)ncnc21. The lowest BCUT2D eigenvalue weighted by molar-refractivity contribution is 0.467. The van der Waals surface area contributed by atoms with Crippen LogP contribution in [-0.2, 0) is 0 Å². The van der Waals surface area contributed by atoms with Crippen molar-refractivity contribution in [1.82, 2.24) is 19.5 Å². The van der Waals surface area contributed by atoms with Gasteiger partial charge in [0.1, 0.15) is 6.33 Å². The van der Waals surface area contributed by atoms with Crippen molar-refractivity contribution < 1.29 is 4.74 Å². The number of benzene rings is 1. The van der Waals surface area contributed by atoms with Crippen LogP contribution in [0.5, 0.6) is 11.6 Å². The minimum Gasteiger partial charge on any atom is -0.434 e. The summed E-state index contributed by atoms with van der Waals surface area (Å²) >= 11 is 12.4. The third kappa shape index (κ3) is 2.90. The molecule has 2 heterocycles. The van der Waals surface area contributed by atoms with Crippen LogP contribution in [0.2, 0.25) is 10.0 Å². The molecule has 120 valence electrons. The highest BCUT2D eigenvalue weighted by atomic mass is 35.5. The van der Waals surface area contributed by atoms with Gasteiger partial charge in [-0.05, 0) is 26.0 Å². The first-order valence-corrected chi connectivity index (χ1v) is 7.58. The van der Waals surface area contributed by atoms with Crippen molar-refractivity contribution in [2.75, 3.05) is 5.43 Å². The molecule has 9 heteroatoms. The Morgan fingerprint density at radius 2 is 1.87 bits per heavy atom. The third-order valence-electron chi connectivity index (χ3n) is 3.25. The van der Waals surface area contributed by atoms with Crippen molar-refractivity contribution in [3.05, 3.63) is 34.8 Å². The molecule has 1 aromatic carbocycles. The van der Waals surface area contributed by atoms with Gasteiger partial charge in [0.2, 0.25) is 0 Å². The molecule has 23 heavy (non-hydrogen) atoms. The van der Waals surface area contributed by atoms with Gasteiger partial charge >= 0.3 is 0 Å². The Labute approximate surface area is 142 Å². The second kappa shape index (κ2) is 6.19. The monoisotopic (exact) mass is 352 g/mol. The van der Waals surface area contributed by atoms with Gasteiger partial charge in [-0.2, -0.15) is 4.98 Å². The van der Waals surface area contributed by atoms with Gasteiger partial charge in [-0.25, -0.2) is 9.97 Å². The number of hydrogen-bond donors (Lipinski definition) is 2. The topological polar surface area (TPSA) is 90.9 Å². The van der Waals surface area contributed by atoms with Gasteiger partial charge < -0.3 is 14.7 Å². The first kappa shape index (κ1) is 15.8. The Hall–Kier alpha value is -2.09. The van der Waals surface area contributed by atoms with E-state index in [0.717, 1.165) is 0 Å². The summed E-state index contributed by atoms with van der Waals surface area (Å²) in [5.74, 6) is 5.92. The van der Waals surface area contributed by atoms with Crippen LogP contribution in [0.1, 0.15) is 19.9 Å². The number of ether oxygens (including phenoxy) is 1. The molecule has 0 radical (unpaired) electrons. The van der Waals surface area contributed by atoms with Gasteiger partial charge in [0.15, 0.2) is 16.9 Å². The maximum atomic E-state index is 6.20. The fraction of sp³-hybridized carbons (Fsp3) is 0.214. The Bertz CT molecular complexity index is 841. The van der Waals surface area contributed by atoms with E-state index in [-0.39, 0.29) is 17.7 Å². The molecule has 3 aromatic rings. The smallest absolute Gasteiger partial charge is 0.251 e. The summed E-state index contributed by atoms with van der Waals surface area (Å²) in [5, 5.41) is 0.612. The summed E-state index contributed by atoms with van der Waals surface area (Å²) in [6.07, 6.45) is 3.11. The van der Waals surface area contributed by atoms with Crippen molar-refractivity contribution in [2.45, 2.75) is 19.9 Å². The third-order valence-corrected chi connectivity index (χ3v) is 3.81. The number of anilines is 1. The summed E-state index contributed by atoms with van der Waals surface area (Å²) < 4.78 is 7.71. The van der Waals surface area contributed by atoms with Crippen LogP contribution >= 0.6 is 23.2 Å². The maximum absolute atomic E-state index is 6.20. The molecule has 0 aliphatic rings. The fourth-order valence-electron chi connectivity index (χ4n) is 2.12. The minimum absolute atomic E-state index is 0.213. The molecule has 3 rings (SSSR count). The molecule has 3 N–H and O–H groups in total. The predicted molar refractivity (Wildman–Crippen MR) is 90.1 cm³/mol. The molecule has 0 bridgehead atoms. The molecule has 2 aromatic heterocycles. The van der Waals surface area contributed by atoms with Crippen LogP contribution < -0.4 is 16.0 Å². The molecule has 0 spiro atoms. The highest BCUT2D eigenvalue weighted by Crippen LogP contribution is 2.39. The Morgan fingerprint density at radius 3 is 2.48 bits per heavy atom. The number of hydrogen-bond acceptors (Lipinski definition) is 6. The largest absolute Gasteiger partial charge is 0.434 e. The first-order chi connectivity index (χ1) is 11.0. The van der Waals surface area contributed by atoms with E-state index in [0.29, 0.717) is 26.9 Å². The van der Waals surface area contributed by atoms with E-state index in [1.807, 2.05) is 18.4 Å². The molecular weight excluding hydrogens is 339 g/mol. The second-order valence-electron chi connectivity index (χ2n) is 5.11. The van der Waals surface area contributed by atoms with Crippen LogP contribution in [0.4, 0.5) is 5.69 Å². The number of fused-ring (bicyclic) bond motifs is 1. The van der Waals surface area contributed by atoms with Gasteiger partial charge in [0.05, 0.1) is 22.1 Å². The molecule has 0 atom stereocenters. The summed E-state index contributed by atoms with van der Waals surface area (Å²) in [7, 11) is 0. The van der Waals surface area contributed by atoms with Crippen LogP contribution in [0.15, 0.2) is 24.8 Å². The van der Waals surface area contributed by atoms with Gasteiger partial charge in [-0.3, -0.25) is 5.84 Å². The zero-order chi connectivity index (χ0) is 16.6. The second-order valence-corrected chi connectivity index (χ2v) is 5.93. The maximum Gasteiger partial charge on any atom is 0.251 e. The molecule has 0 aliphatic heterocycles. The zero-order valence-corrected chi connectivity index (χ0v) is 13.9. The Morgan fingerprint density at radius 1 is 1.17 bits per heavy atom. The van der Waals surface area contributed by atoms with Crippen molar-refractivity contribution in [1.29, 1.82) is 0 Å². The minimum atomic E-state index is 0.213. The van der Waals surface area contributed by atoms with E-state index in [4.69, 9.17) is 33.8 Å². The number of rotatable bonds is 4. The average Bonchev–Trinajstić information content (AvgIpc) is 2.95.